The third-order valence-corrected chi connectivity index (χ3v) is 7.16. The van der Waals surface area contributed by atoms with Crippen molar-refractivity contribution in [3.8, 4) is 11.5 Å². The highest BCUT2D eigenvalue weighted by molar-refractivity contribution is 5.83. The summed E-state index contributed by atoms with van der Waals surface area (Å²) < 4.78 is 31.4. The molecule has 6 nitrogen and oxygen atoms in total. The van der Waals surface area contributed by atoms with E-state index in [0.29, 0.717) is 43.8 Å². The molecule has 1 fully saturated rings. The standard InChI is InChI=1S/C29H35FN2O4/c1-3-35-28(33)29(14-16-32(17-15-29)18-19-36-22-8-5-4-6-9-22)13-7-10-24-25-20-23(34-2)11-12-27(25)31-21-26(24)30/h4-6,8-9,11-12,20-21H,3,7,10,13-19H2,1-2H3. The fourth-order valence-electron chi connectivity index (χ4n) is 5.04. The zero-order valence-corrected chi connectivity index (χ0v) is 21.2. The molecule has 1 saturated heterocycles. The highest BCUT2D eigenvalue weighted by Gasteiger charge is 2.42. The maximum Gasteiger partial charge on any atom is 0.312 e. The maximum absolute atomic E-state index is 14.8. The minimum absolute atomic E-state index is 0.132. The van der Waals surface area contributed by atoms with Gasteiger partial charge in [0.05, 0.1) is 30.8 Å². The van der Waals surface area contributed by atoms with Gasteiger partial charge in [-0.15, -0.1) is 0 Å². The third kappa shape index (κ3) is 6.13. The van der Waals surface area contributed by atoms with Gasteiger partial charge in [-0.1, -0.05) is 18.2 Å². The summed E-state index contributed by atoms with van der Waals surface area (Å²) in [5, 5.41) is 0.757. The predicted molar refractivity (Wildman–Crippen MR) is 138 cm³/mol. The minimum atomic E-state index is -0.538. The number of likely N-dealkylation sites (tertiary alicyclic amines) is 1. The van der Waals surface area contributed by atoms with E-state index in [1.165, 1.54) is 6.20 Å². The number of carbonyl (C=O) groups excluding carboxylic acids is 1. The number of rotatable bonds is 11. The summed E-state index contributed by atoms with van der Waals surface area (Å²) in [6, 6.07) is 15.3. The average Bonchev–Trinajstić information content (AvgIpc) is 2.91. The van der Waals surface area contributed by atoms with Crippen LogP contribution in [-0.4, -0.2) is 55.8 Å². The summed E-state index contributed by atoms with van der Waals surface area (Å²) in [5.41, 5.74) is 0.816. The van der Waals surface area contributed by atoms with Crippen LogP contribution in [0.1, 0.15) is 38.2 Å². The summed E-state index contributed by atoms with van der Waals surface area (Å²) >= 11 is 0. The Hall–Kier alpha value is -3.19. The normalized spacial score (nSPS) is 15.5. The van der Waals surface area contributed by atoms with Crippen molar-refractivity contribution >= 4 is 16.9 Å². The molecule has 0 saturated carbocycles. The smallest absolute Gasteiger partial charge is 0.312 e. The quantitative estimate of drug-likeness (QED) is 0.331. The van der Waals surface area contributed by atoms with Gasteiger partial charge in [0.2, 0.25) is 0 Å². The van der Waals surface area contributed by atoms with Gasteiger partial charge < -0.3 is 14.2 Å². The van der Waals surface area contributed by atoms with E-state index >= 15 is 0 Å². The van der Waals surface area contributed by atoms with Crippen molar-refractivity contribution in [1.82, 2.24) is 9.88 Å². The Balaban J connectivity index is 1.38. The summed E-state index contributed by atoms with van der Waals surface area (Å²) in [5.74, 6) is 1.08. The first kappa shape index (κ1) is 25.9. The minimum Gasteiger partial charge on any atom is -0.497 e. The second kappa shape index (κ2) is 12.2. The number of esters is 1. The fraction of sp³-hybridized carbons (Fsp3) is 0.448. The molecule has 0 radical (unpaired) electrons. The molecule has 192 valence electrons. The largest absolute Gasteiger partial charge is 0.497 e. The van der Waals surface area contributed by atoms with Crippen LogP contribution < -0.4 is 9.47 Å². The van der Waals surface area contributed by atoms with Crippen LogP contribution in [0.2, 0.25) is 0 Å². The Morgan fingerprint density at radius 2 is 1.89 bits per heavy atom. The van der Waals surface area contributed by atoms with E-state index in [-0.39, 0.29) is 11.8 Å². The van der Waals surface area contributed by atoms with Crippen LogP contribution in [0.5, 0.6) is 11.5 Å². The molecule has 1 aromatic heterocycles. The van der Waals surface area contributed by atoms with Gasteiger partial charge >= 0.3 is 5.97 Å². The van der Waals surface area contributed by atoms with Crippen LogP contribution in [0.25, 0.3) is 10.9 Å². The molecule has 0 N–H and O–H groups in total. The molecule has 4 rings (SSSR count). The molecule has 7 heteroatoms. The van der Waals surface area contributed by atoms with Crippen molar-refractivity contribution in [2.45, 2.75) is 39.0 Å². The zero-order valence-electron chi connectivity index (χ0n) is 21.2. The monoisotopic (exact) mass is 494 g/mol. The van der Waals surface area contributed by atoms with E-state index in [9.17, 15) is 9.18 Å². The first-order valence-electron chi connectivity index (χ1n) is 12.7. The van der Waals surface area contributed by atoms with Gasteiger partial charge in [-0.25, -0.2) is 4.39 Å². The Morgan fingerprint density at radius 1 is 1.11 bits per heavy atom. The number of carbonyl (C=O) groups is 1. The van der Waals surface area contributed by atoms with Gasteiger partial charge in [-0.3, -0.25) is 14.7 Å². The van der Waals surface area contributed by atoms with Gasteiger partial charge in [0, 0.05) is 11.9 Å². The van der Waals surface area contributed by atoms with Crippen LogP contribution in [0, 0.1) is 11.2 Å². The van der Waals surface area contributed by atoms with Crippen LogP contribution in [0.4, 0.5) is 4.39 Å². The molecule has 36 heavy (non-hydrogen) atoms. The average molecular weight is 495 g/mol. The number of para-hydroxylation sites is 1. The molecule has 2 aromatic carbocycles. The third-order valence-electron chi connectivity index (χ3n) is 7.16. The van der Waals surface area contributed by atoms with Crippen molar-refractivity contribution in [2.75, 3.05) is 40.0 Å². The molecule has 0 aliphatic carbocycles. The molecular weight excluding hydrogens is 459 g/mol. The maximum atomic E-state index is 14.8. The SMILES string of the molecule is CCOC(=O)C1(CCCc2c(F)cnc3ccc(OC)cc23)CCN(CCOc2ccccc2)CC1. The molecule has 0 bridgehead atoms. The molecule has 0 unspecified atom stereocenters. The number of pyridine rings is 1. The second-order valence-electron chi connectivity index (χ2n) is 9.33. The summed E-state index contributed by atoms with van der Waals surface area (Å²) in [6.07, 6.45) is 4.60. The first-order chi connectivity index (χ1) is 17.5. The number of halogens is 1. The van der Waals surface area contributed by atoms with Crippen LogP contribution in [0.15, 0.2) is 54.7 Å². The topological polar surface area (TPSA) is 60.9 Å². The number of hydrogen-bond donors (Lipinski definition) is 0. The zero-order chi connectivity index (χ0) is 25.4. The van der Waals surface area contributed by atoms with Crippen LogP contribution in [0.3, 0.4) is 0 Å². The van der Waals surface area contributed by atoms with Crippen molar-refractivity contribution in [2.24, 2.45) is 5.41 Å². The van der Waals surface area contributed by atoms with E-state index in [1.54, 1.807) is 7.11 Å². The van der Waals surface area contributed by atoms with Gasteiger partial charge in [-0.2, -0.15) is 0 Å². The van der Waals surface area contributed by atoms with Gasteiger partial charge in [0.25, 0.3) is 0 Å². The summed E-state index contributed by atoms with van der Waals surface area (Å²) in [6.45, 7) is 5.23. The number of fused-ring (bicyclic) bond motifs is 1. The number of piperidine rings is 1. The Kier molecular flexibility index (Phi) is 8.75. The molecule has 0 amide bonds. The van der Waals surface area contributed by atoms with Gasteiger partial charge in [-0.05, 0) is 88.0 Å². The van der Waals surface area contributed by atoms with Gasteiger partial charge in [0.15, 0.2) is 0 Å². The van der Waals surface area contributed by atoms with Crippen molar-refractivity contribution in [3.05, 3.63) is 66.1 Å². The lowest BCUT2D eigenvalue weighted by Crippen LogP contribution is -2.46. The van der Waals surface area contributed by atoms with E-state index in [0.717, 1.165) is 49.1 Å². The molecule has 0 atom stereocenters. The number of hydrogen-bond acceptors (Lipinski definition) is 6. The lowest BCUT2D eigenvalue weighted by atomic mass is 9.74. The number of aryl methyl sites for hydroxylation is 1. The van der Waals surface area contributed by atoms with Crippen LogP contribution in [-0.2, 0) is 16.0 Å². The van der Waals surface area contributed by atoms with Crippen LogP contribution >= 0.6 is 0 Å². The molecule has 2 heterocycles. The molecule has 1 aliphatic heterocycles. The molecular formula is C29H35FN2O4. The lowest BCUT2D eigenvalue weighted by molar-refractivity contribution is -0.159. The van der Waals surface area contributed by atoms with Crippen molar-refractivity contribution in [3.63, 3.8) is 0 Å². The number of aromatic nitrogens is 1. The fourth-order valence-corrected chi connectivity index (χ4v) is 5.04. The number of nitrogens with zero attached hydrogens (tertiary/aromatic N) is 2. The first-order valence-corrected chi connectivity index (χ1v) is 12.7. The Bertz CT molecular complexity index is 1150. The van der Waals surface area contributed by atoms with Gasteiger partial charge in [0.1, 0.15) is 23.9 Å². The predicted octanol–water partition coefficient (Wildman–Crippen LogP) is 5.43. The second-order valence-corrected chi connectivity index (χ2v) is 9.33. The lowest BCUT2D eigenvalue weighted by Gasteiger charge is -2.40. The van der Waals surface area contributed by atoms with Crippen molar-refractivity contribution in [1.29, 1.82) is 0 Å². The highest BCUT2D eigenvalue weighted by atomic mass is 19.1. The van der Waals surface area contributed by atoms with E-state index in [2.05, 4.69) is 9.88 Å². The Labute approximate surface area is 212 Å². The number of ether oxygens (including phenoxy) is 3. The number of benzene rings is 2. The molecule has 1 aliphatic rings. The summed E-state index contributed by atoms with van der Waals surface area (Å²) in [7, 11) is 1.59. The van der Waals surface area contributed by atoms with E-state index in [1.807, 2.05) is 55.5 Å². The van der Waals surface area contributed by atoms with E-state index in [4.69, 9.17) is 14.2 Å². The molecule has 0 spiro atoms. The summed E-state index contributed by atoms with van der Waals surface area (Å²) in [4.78, 5) is 19.6. The Morgan fingerprint density at radius 3 is 2.61 bits per heavy atom. The highest BCUT2D eigenvalue weighted by Crippen LogP contribution is 2.38. The molecule has 3 aromatic rings. The number of methoxy groups -OCH3 is 1. The van der Waals surface area contributed by atoms with E-state index < -0.39 is 5.41 Å². The van der Waals surface area contributed by atoms with Crippen molar-refractivity contribution < 1.29 is 23.4 Å².